The van der Waals surface area contributed by atoms with E-state index in [0.29, 0.717) is 19.2 Å². The van der Waals surface area contributed by atoms with Gasteiger partial charge in [0.15, 0.2) is 0 Å². The van der Waals surface area contributed by atoms with Crippen LogP contribution in [0, 0.1) is 0 Å². The van der Waals surface area contributed by atoms with Gasteiger partial charge in [-0.1, -0.05) is 18.2 Å². The van der Waals surface area contributed by atoms with Crippen LogP contribution in [0.4, 0.5) is 0 Å². The molecule has 0 N–H and O–H groups in total. The Kier molecular flexibility index (Phi) is 3.75. The van der Waals surface area contributed by atoms with Crippen molar-refractivity contribution in [1.82, 2.24) is 9.88 Å². The maximum atomic E-state index is 13.2. The Labute approximate surface area is 156 Å². The monoisotopic (exact) mass is 362 g/mol. The second kappa shape index (κ2) is 6.25. The van der Waals surface area contributed by atoms with Crippen LogP contribution in [-0.4, -0.2) is 21.8 Å². The minimum absolute atomic E-state index is 0.107. The van der Waals surface area contributed by atoms with Crippen LogP contribution in [0.1, 0.15) is 33.8 Å². The number of pyridine rings is 1. The first-order chi connectivity index (χ1) is 12.8. The molecule has 0 atom stereocenters. The van der Waals surface area contributed by atoms with Gasteiger partial charge in [0.05, 0.1) is 17.1 Å². The lowest BCUT2D eigenvalue weighted by molar-refractivity contribution is 0.0732. The fourth-order valence-corrected chi connectivity index (χ4v) is 4.52. The fraction of sp³-hybridized carbons (Fsp3) is 0.238. The molecule has 130 valence electrons. The molecule has 4 nitrogen and oxygen atoms in total. The third-order valence-corrected chi connectivity index (χ3v) is 6.04. The lowest BCUT2D eigenvalue weighted by Crippen LogP contribution is -2.32. The normalized spacial score (nSPS) is 14.9. The van der Waals surface area contributed by atoms with Crippen molar-refractivity contribution in [3.8, 4) is 16.2 Å². The molecule has 0 radical (unpaired) electrons. The van der Waals surface area contributed by atoms with Gasteiger partial charge in [0.1, 0.15) is 12.4 Å². The van der Waals surface area contributed by atoms with Gasteiger partial charge < -0.3 is 9.64 Å². The summed E-state index contributed by atoms with van der Waals surface area (Å²) in [7, 11) is 0. The van der Waals surface area contributed by atoms with Gasteiger partial charge in [-0.15, -0.1) is 11.3 Å². The molecule has 26 heavy (non-hydrogen) atoms. The van der Waals surface area contributed by atoms with E-state index in [0.717, 1.165) is 45.2 Å². The highest BCUT2D eigenvalue weighted by Crippen LogP contribution is 2.43. The molecule has 0 spiro atoms. The summed E-state index contributed by atoms with van der Waals surface area (Å²) in [5.41, 5.74) is 3.12. The van der Waals surface area contributed by atoms with Crippen molar-refractivity contribution in [1.29, 1.82) is 0 Å². The van der Waals surface area contributed by atoms with E-state index < -0.39 is 0 Å². The Morgan fingerprint density at radius 2 is 2.04 bits per heavy atom. The van der Waals surface area contributed by atoms with Crippen LogP contribution in [0.3, 0.4) is 0 Å². The quantitative estimate of drug-likeness (QED) is 0.686. The Hall–Kier alpha value is -2.66. The SMILES string of the molecule is O=C(c1cc2c(s1)-c1ccccc1OC2)N(Cc1ccccn1)C1CC1. The number of hydrogen-bond donors (Lipinski definition) is 0. The maximum Gasteiger partial charge on any atom is 0.264 e. The highest BCUT2D eigenvalue weighted by Gasteiger charge is 2.34. The van der Waals surface area contributed by atoms with Crippen molar-refractivity contribution in [2.45, 2.75) is 32.0 Å². The van der Waals surface area contributed by atoms with Gasteiger partial charge >= 0.3 is 0 Å². The first-order valence-electron chi connectivity index (χ1n) is 8.85. The average molecular weight is 362 g/mol. The first kappa shape index (κ1) is 15.6. The summed E-state index contributed by atoms with van der Waals surface area (Å²) in [6.07, 6.45) is 3.94. The molecule has 2 aliphatic rings. The molecule has 0 saturated heterocycles. The molecule has 1 aliphatic heterocycles. The van der Waals surface area contributed by atoms with Crippen LogP contribution in [0.15, 0.2) is 54.7 Å². The number of amides is 1. The Morgan fingerprint density at radius 3 is 2.85 bits per heavy atom. The van der Waals surface area contributed by atoms with E-state index in [4.69, 9.17) is 4.74 Å². The lowest BCUT2D eigenvalue weighted by Gasteiger charge is -2.21. The second-order valence-electron chi connectivity index (χ2n) is 6.74. The number of hydrogen-bond acceptors (Lipinski definition) is 4. The van der Waals surface area contributed by atoms with Crippen LogP contribution in [0.5, 0.6) is 5.75 Å². The molecule has 0 unspecified atom stereocenters. The van der Waals surface area contributed by atoms with Gasteiger partial charge in [0.25, 0.3) is 5.91 Å². The topological polar surface area (TPSA) is 42.4 Å². The third-order valence-electron chi connectivity index (χ3n) is 4.84. The van der Waals surface area contributed by atoms with E-state index in [9.17, 15) is 4.79 Å². The third kappa shape index (κ3) is 2.78. The predicted octanol–water partition coefficient (Wildman–Crippen LogP) is 4.51. The number of aromatic nitrogens is 1. The molecule has 1 aromatic carbocycles. The molecule has 0 bridgehead atoms. The van der Waals surface area contributed by atoms with Crippen LogP contribution >= 0.6 is 11.3 Å². The molecule has 1 fully saturated rings. The number of carbonyl (C=O) groups excluding carboxylic acids is 1. The minimum Gasteiger partial charge on any atom is -0.488 e. The number of carbonyl (C=O) groups is 1. The average Bonchev–Trinajstić information content (AvgIpc) is 3.43. The Bertz CT molecular complexity index is 963. The molecule has 1 amide bonds. The highest BCUT2D eigenvalue weighted by molar-refractivity contribution is 7.17. The number of ether oxygens (including phenoxy) is 1. The predicted molar refractivity (Wildman–Crippen MR) is 101 cm³/mol. The number of para-hydroxylation sites is 1. The summed E-state index contributed by atoms with van der Waals surface area (Å²) < 4.78 is 5.83. The first-order valence-corrected chi connectivity index (χ1v) is 9.67. The molecule has 1 saturated carbocycles. The maximum absolute atomic E-state index is 13.2. The van der Waals surface area contributed by atoms with E-state index >= 15 is 0 Å². The van der Waals surface area contributed by atoms with Crippen LogP contribution in [0.25, 0.3) is 10.4 Å². The van der Waals surface area contributed by atoms with Crippen LogP contribution in [0.2, 0.25) is 0 Å². The van der Waals surface area contributed by atoms with Gasteiger partial charge in [-0.25, -0.2) is 0 Å². The Balaban J connectivity index is 1.46. The lowest BCUT2D eigenvalue weighted by atomic mass is 10.1. The summed E-state index contributed by atoms with van der Waals surface area (Å²) in [4.78, 5) is 21.5. The van der Waals surface area contributed by atoms with Gasteiger partial charge in [0.2, 0.25) is 0 Å². The summed E-state index contributed by atoms with van der Waals surface area (Å²) in [5.74, 6) is 1.00. The number of nitrogens with zero attached hydrogens (tertiary/aromatic N) is 2. The standard InChI is InChI=1S/C21H18N2O2S/c24-21(23(16-8-9-16)12-15-5-3-4-10-22-15)19-11-14-13-25-18-7-2-1-6-17(18)20(14)26-19/h1-7,10-11,16H,8-9,12-13H2. The minimum atomic E-state index is 0.107. The Morgan fingerprint density at radius 1 is 1.19 bits per heavy atom. The van der Waals surface area contributed by atoms with Crippen molar-refractivity contribution in [3.63, 3.8) is 0 Å². The summed E-state index contributed by atoms with van der Waals surface area (Å²) >= 11 is 1.58. The second-order valence-corrected chi connectivity index (χ2v) is 7.79. The largest absolute Gasteiger partial charge is 0.488 e. The van der Waals surface area contributed by atoms with E-state index in [-0.39, 0.29) is 5.91 Å². The molecule has 3 heterocycles. The molecular formula is C21H18N2O2S. The van der Waals surface area contributed by atoms with Gasteiger partial charge in [-0.3, -0.25) is 9.78 Å². The van der Waals surface area contributed by atoms with Crippen molar-refractivity contribution < 1.29 is 9.53 Å². The van der Waals surface area contributed by atoms with Crippen molar-refractivity contribution in [2.75, 3.05) is 0 Å². The van der Waals surface area contributed by atoms with Crippen molar-refractivity contribution >= 4 is 17.2 Å². The van der Waals surface area contributed by atoms with E-state index in [2.05, 4.69) is 11.1 Å². The summed E-state index contributed by atoms with van der Waals surface area (Å²) in [6.45, 7) is 1.10. The summed E-state index contributed by atoms with van der Waals surface area (Å²) in [6, 6.07) is 16.2. The number of rotatable bonds is 4. The molecule has 2 aromatic heterocycles. The van der Waals surface area contributed by atoms with Crippen LogP contribution in [-0.2, 0) is 13.2 Å². The number of fused-ring (bicyclic) bond motifs is 3. The van der Waals surface area contributed by atoms with Gasteiger partial charge in [0, 0.05) is 28.2 Å². The molecule has 1 aliphatic carbocycles. The number of thiophene rings is 1. The van der Waals surface area contributed by atoms with E-state index in [1.165, 1.54) is 0 Å². The van der Waals surface area contributed by atoms with Crippen molar-refractivity contribution in [3.05, 3.63) is 70.9 Å². The molecular weight excluding hydrogens is 344 g/mol. The summed E-state index contributed by atoms with van der Waals surface area (Å²) in [5, 5.41) is 0. The zero-order valence-electron chi connectivity index (χ0n) is 14.2. The smallest absolute Gasteiger partial charge is 0.264 e. The molecule has 3 aromatic rings. The zero-order chi connectivity index (χ0) is 17.5. The van der Waals surface area contributed by atoms with Crippen molar-refractivity contribution in [2.24, 2.45) is 0 Å². The van der Waals surface area contributed by atoms with Crippen LogP contribution < -0.4 is 4.74 Å². The molecule has 5 heteroatoms. The highest BCUT2D eigenvalue weighted by atomic mass is 32.1. The number of benzene rings is 1. The van der Waals surface area contributed by atoms with Gasteiger partial charge in [-0.2, -0.15) is 0 Å². The fourth-order valence-electron chi connectivity index (χ4n) is 3.37. The van der Waals surface area contributed by atoms with E-state index in [1.54, 1.807) is 17.5 Å². The zero-order valence-corrected chi connectivity index (χ0v) is 15.0. The molecule has 5 rings (SSSR count). The van der Waals surface area contributed by atoms with E-state index in [1.807, 2.05) is 47.4 Å². The van der Waals surface area contributed by atoms with Gasteiger partial charge in [-0.05, 0) is 43.2 Å².